The highest BCUT2D eigenvalue weighted by atomic mass is 127. The third-order valence-electron chi connectivity index (χ3n) is 3.90. The van der Waals surface area contributed by atoms with E-state index in [1.807, 2.05) is 44.2 Å². The van der Waals surface area contributed by atoms with Crippen molar-refractivity contribution >= 4 is 47.2 Å². The Balaban J connectivity index is 0.00000338. The number of nitrogens with two attached hydrogens (primary N) is 1. The van der Waals surface area contributed by atoms with Crippen molar-refractivity contribution in [2.24, 2.45) is 10.7 Å². The zero-order valence-electron chi connectivity index (χ0n) is 15.2. The number of nitrogens with one attached hydrogen (secondary N) is 2. The molecule has 0 spiro atoms. The van der Waals surface area contributed by atoms with Crippen molar-refractivity contribution in [3.05, 3.63) is 57.8 Å². The van der Waals surface area contributed by atoms with Gasteiger partial charge in [0.15, 0.2) is 5.96 Å². The van der Waals surface area contributed by atoms with Crippen LogP contribution in [0.4, 0.5) is 0 Å². The van der Waals surface area contributed by atoms with E-state index in [0.717, 1.165) is 24.9 Å². The predicted octanol–water partition coefficient (Wildman–Crippen LogP) is 3.54. The fourth-order valence-electron chi connectivity index (χ4n) is 2.17. The summed E-state index contributed by atoms with van der Waals surface area (Å²) < 4.78 is 0. The molecule has 5 nitrogen and oxygen atoms in total. The molecule has 4 N–H and O–H groups in total. The molecule has 0 radical (unpaired) electrons. The maximum Gasteiger partial charge on any atom is 0.251 e. The highest BCUT2D eigenvalue weighted by Gasteiger charge is 2.08. The second-order valence-electron chi connectivity index (χ2n) is 5.94. The maximum absolute atomic E-state index is 12.0. The van der Waals surface area contributed by atoms with Gasteiger partial charge in [-0.15, -0.1) is 35.3 Å². The lowest BCUT2D eigenvalue weighted by Gasteiger charge is -2.11. The van der Waals surface area contributed by atoms with Crippen LogP contribution in [-0.4, -0.2) is 24.5 Å². The van der Waals surface area contributed by atoms with Crippen molar-refractivity contribution in [2.45, 2.75) is 39.3 Å². The van der Waals surface area contributed by atoms with Gasteiger partial charge in [0.1, 0.15) is 0 Å². The first-order valence-corrected chi connectivity index (χ1v) is 9.42. The fourth-order valence-corrected chi connectivity index (χ4v) is 2.88. The van der Waals surface area contributed by atoms with Crippen LogP contribution in [0.2, 0.25) is 0 Å². The number of hydrogen-bond acceptors (Lipinski definition) is 3. The van der Waals surface area contributed by atoms with Gasteiger partial charge in [0.25, 0.3) is 5.91 Å². The molecule has 142 valence electrons. The van der Waals surface area contributed by atoms with Gasteiger partial charge in [-0.05, 0) is 48.9 Å². The molecule has 1 unspecified atom stereocenters. The van der Waals surface area contributed by atoms with Crippen LogP contribution in [0.25, 0.3) is 0 Å². The summed E-state index contributed by atoms with van der Waals surface area (Å²) in [6, 6.07) is 11.8. The number of guanidine groups is 1. The van der Waals surface area contributed by atoms with Gasteiger partial charge >= 0.3 is 0 Å². The van der Waals surface area contributed by atoms with Crippen molar-refractivity contribution in [2.75, 3.05) is 6.54 Å². The van der Waals surface area contributed by atoms with Crippen LogP contribution in [0.5, 0.6) is 0 Å². The average molecular weight is 486 g/mol. The van der Waals surface area contributed by atoms with E-state index in [-0.39, 0.29) is 35.9 Å². The number of benzene rings is 1. The molecule has 0 saturated carbocycles. The molecule has 1 heterocycles. The normalized spacial score (nSPS) is 12.2. The highest BCUT2D eigenvalue weighted by molar-refractivity contribution is 14.0. The van der Waals surface area contributed by atoms with Crippen molar-refractivity contribution in [3.8, 4) is 0 Å². The standard InChI is InChI=1S/C19H26N4OS.HI/c1-3-14(2)23-18(24)16-8-6-15(7-9-16)13-22-19(20)21-11-10-17-5-4-12-25-17;/h4-9,12,14H,3,10-11,13H2,1-2H3,(H,23,24)(H3,20,21,22);1H. The molecule has 0 aliphatic carbocycles. The van der Waals surface area contributed by atoms with Crippen LogP contribution in [0.3, 0.4) is 0 Å². The molecule has 0 aliphatic rings. The number of carbonyl (C=O) groups is 1. The van der Waals surface area contributed by atoms with E-state index in [4.69, 9.17) is 5.73 Å². The van der Waals surface area contributed by atoms with Gasteiger partial charge in [0, 0.05) is 23.0 Å². The Labute approximate surface area is 176 Å². The summed E-state index contributed by atoms with van der Waals surface area (Å²) in [5.74, 6) is 0.398. The number of nitrogens with zero attached hydrogens (tertiary/aromatic N) is 1. The van der Waals surface area contributed by atoms with Crippen LogP contribution in [-0.2, 0) is 13.0 Å². The Kier molecular flexibility index (Phi) is 10.3. The van der Waals surface area contributed by atoms with Gasteiger partial charge in [-0.2, -0.15) is 0 Å². The quantitative estimate of drug-likeness (QED) is 0.304. The van der Waals surface area contributed by atoms with E-state index >= 15 is 0 Å². The minimum absolute atomic E-state index is 0. The number of halogens is 1. The topological polar surface area (TPSA) is 79.5 Å². The molecule has 0 bridgehead atoms. The van der Waals surface area contributed by atoms with Crippen molar-refractivity contribution < 1.29 is 4.79 Å². The fraction of sp³-hybridized carbons (Fsp3) is 0.368. The molecule has 26 heavy (non-hydrogen) atoms. The Morgan fingerprint density at radius 3 is 2.62 bits per heavy atom. The molecule has 0 aliphatic heterocycles. The van der Waals surface area contributed by atoms with Crippen molar-refractivity contribution in [3.63, 3.8) is 0 Å². The molecule has 1 aromatic carbocycles. The predicted molar refractivity (Wildman–Crippen MR) is 120 cm³/mol. The lowest BCUT2D eigenvalue weighted by atomic mass is 10.1. The highest BCUT2D eigenvalue weighted by Crippen LogP contribution is 2.08. The molecule has 2 aromatic rings. The monoisotopic (exact) mass is 486 g/mol. The molecule has 2 rings (SSSR count). The number of rotatable bonds is 8. The van der Waals surface area contributed by atoms with Gasteiger partial charge in [0.05, 0.1) is 6.54 Å². The molecule has 0 fully saturated rings. The largest absolute Gasteiger partial charge is 0.370 e. The summed E-state index contributed by atoms with van der Waals surface area (Å²) in [6.07, 6.45) is 1.85. The first-order valence-electron chi connectivity index (χ1n) is 8.54. The summed E-state index contributed by atoms with van der Waals surface area (Å²) in [5.41, 5.74) is 7.57. The molecular formula is C19H27IN4OS. The minimum Gasteiger partial charge on any atom is -0.370 e. The van der Waals surface area contributed by atoms with E-state index in [1.165, 1.54) is 4.88 Å². The van der Waals surface area contributed by atoms with Crippen LogP contribution >= 0.6 is 35.3 Å². The van der Waals surface area contributed by atoms with E-state index in [0.29, 0.717) is 18.1 Å². The maximum atomic E-state index is 12.0. The lowest BCUT2D eigenvalue weighted by molar-refractivity contribution is 0.0939. The van der Waals surface area contributed by atoms with Crippen LogP contribution < -0.4 is 16.4 Å². The minimum atomic E-state index is -0.0424. The Hall–Kier alpha value is -1.61. The van der Waals surface area contributed by atoms with E-state index < -0.39 is 0 Å². The Morgan fingerprint density at radius 2 is 2.00 bits per heavy atom. The number of hydrogen-bond donors (Lipinski definition) is 3. The molecule has 7 heteroatoms. The molecular weight excluding hydrogens is 459 g/mol. The molecule has 1 aromatic heterocycles. The number of amides is 1. The van der Waals surface area contributed by atoms with Gasteiger partial charge in [-0.25, -0.2) is 4.99 Å². The van der Waals surface area contributed by atoms with Gasteiger partial charge in [-0.1, -0.05) is 25.1 Å². The van der Waals surface area contributed by atoms with E-state index in [2.05, 4.69) is 27.1 Å². The molecule has 0 saturated heterocycles. The second kappa shape index (κ2) is 11.9. The van der Waals surface area contributed by atoms with Gasteiger partial charge in [0.2, 0.25) is 0 Å². The summed E-state index contributed by atoms with van der Waals surface area (Å²) in [4.78, 5) is 17.7. The Bertz CT molecular complexity index is 686. The van der Waals surface area contributed by atoms with Gasteiger partial charge in [-0.3, -0.25) is 4.79 Å². The third kappa shape index (κ3) is 7.74. The van der Waals surface area contributed by atoms with E-state index in [9.17, 15) is 4.79 Å². The lowest BCUT2D eigenvalue weighted by Crippen LogP contribution is -2.33. The second-order valence-corrected chi connectivity index (χ2v) is 6.97. The summed E-state index contributed by atoms with van der Waals surface area (Å²) >= 11 is 1.74. The summed E-state index contributed by atoms with van der Waals surface area (Å²) in [7, 11) is 0. The first-order chi connectivity index (χ1) is 12.1. The summed E-state index contributed by atoms with van der Waals surface area (Å²) in [6.45, 7) is 5.30. The first kappa shape index (κ1) is 22.4. The number of thiophene rings is 1. The molecule has 1 amide bonds. The third-order valence-corrected chi connectivity index (χ3v) is 4.83. The zero-order valence-corrected chi connectivity index (χ0v) is 18.3. The SMILES string of the molecule is CCC(C)NC(=O)c1ccc(CN=C(N)NCCc2cccs2)cc1.I. The number of aliphatic imine (C=N–C) groups is 1. The van der Waals surface area contributed by atoms with E-state index in [1.54, 1.807) is 11.3 Å². The van der Waals surface area contributed by atoms with Crippen LogP contribution in [0, 0.1) is 0 Å². The smallest absolute Gasteiger partial charge is 0.251 e. The van der Waals surface area contributed by atoms with Crippen molar-refractivity contribution in [1.82, 2.24) is 10.6 Å². The van der Waals surface area contributed by atoms with Crippen LogP contribution in [0.1, 0.15) is 41.1 Å². The van der Waals surface area contributed by atoms with Crippen LogP contribution in [0.15, 0.2) is 46.8 Å². The van der Waals surface area contributed by atoms with Crippen molar-refractivity contribution in [1.29, 1.82) is 0 Å². The average Bonchev–Trinajstić information content (AvgIpc) is 3.13. The number of carbonyl (C=O) groups excluding carboxylic acids is 1. The zero-order chi connectivity index (χ0) is 18.1. The Morgan fingerprint density at radius 1 is 1.27 bits per heavy atom. The summed E-state index contributed by atoms with van der Waals surface area (Å²) in [5, 5.41) is 8.14. The molecule has 1 atom stereocenters. The van der Waals surface area contributed by atoms with Gasteiger partial charge < -0.3 is 16.4 Å².